The number of amides is 1. The SMILES string of the molecule is CO/N=C1/CCN2c3c(cccc31)C(=O)NC2c1ccc(OC)c(O)c1. The van der Waals surface area contributed by atoms with Crippen LogP contribution in [0.2, 0.25) is 0 Å². The minimum Gasteiger partial charge on any atom is -0.504 e. The first-order valence-corrected chi connectivity index (χ1v) is 8.32. The number of aromatic hydroxyl groups is 1. The smallest absolute Gasteiger partial charge is 0.255 e. The fourth-order valence-electron chi connectivity index (χ4n) is 3.63. The molecule has 2 aromatic rings. The van der Waals surface area contributed by atoms with Crippen LogP contribution in [0.4, 0.5) is 5.69 Å². The molecule has 2 aliphatic heterocycles. The molecule has 2 aromatic carbocycles. The number of benzene rings is 2. The third-order valence-corrected chi connectivity index (χ3v) is 4.77. The minimum atomic E-state index is -0.378. The number of rotatable bonds is 3. The van der Waals surface area contributed by atoms with Gasteiger partial charge in [0.15, 0.2) is 11.5 Å². The van der Waals surface area contributed by atoms with Crippen LogP contribution in [0.1, 0.15) is 34.1 Å². The summed E-state index contributed by atoms with van der Waals surface area (Å²) in [7, 11) is 3.02. The maximum Gasteiger partial charge on any atom is 0.255 e. The van der Waals surface area contributed by atoms with Gasteiger partial charge in [-0.05, 0) is 23.8 Å². The fourth-order valence-corrected chi connectivity index (χ4v) is 3.63. The second kappa shape index (κ2) is 6.25. The summed E-state index contributed by atoms with van der Waals surface area (Å²) in [6.07, 6.45) is 0.316. The average Bonchev–Trinajstić information content (AvgIpc) is 2.66. The molecule has 0 saturated carbocycles. The van der Waals surface area contributed by atoms with Gasteiger partial charge in [0.2, 0.25) is 0 Å². The standard InChI is InChI=1S/C19H19N3O4/c1-25-16-7-6-11(10-15(16)23)18-20-19(24)13-5-3-4-12-14(21-26-2)8-9-22(18)17(12)13/h3-7,10,18,23H,8-9H2,1-2H3,(H,20,24)/b21-14-. The Balaban J connectivity index is 1.83. The highest BCUT2D eigenvalue weighted by atomic mass is 16.6. The average molecular weight is 353 g/mol. The number of carbonyl (C=O) groups excluding carboxylic acids is 1. The van der Waals surface area contributed by atoms with Crippen LogP contribution in [0.3, 0.4) is 0 Å². The molecule has 1 unspecified atom stereocenters. The molecule has 0 spiro atoms. The van der Waals surface area contributed by atoms with Gasteiger partial charge in [-0.25, -0.2) is 0 Å². The second-order valence-corrected chi connectivity index (χ2v) is 6.17. The lowest BCUT2D eigenvalue weighted by atomic mass is 9.92. The lowest BCUT2D eigenvalue weighted by Gasteiger charge is -2.42. The zero-order chi connectivity index (χ0) is 18.3. The monoisotopic (exact) mass is 353 g/mol. The van der Waals surface area contributed by atoms with Crippen LogP contribution in [0, 0.1) is 0 Å². The summed E-state index contributed by atoms with van der Waals surface area (Å²) in [5, 5.41) is 17.3. The van der Waals surface area contributed by atoms with Crippen molar-refractivity contribution in [3.05, 3.63) is 53.1 Å². The number of ether oxygens (including phenoxy) is 1. The molecule has 1 amide bonds. The maximum absolute atomic E-state index is 12.7. The van der Waals surface area contributed by atoms with Crippen LogP contribution in [0.15, 0.2) is 41.6 Å². The number of carbonyl (C=O) groups is 1. The van der Waals surface area contributed by atoms with Crippen LogP contribution in [0.25, 0.3) is 0 Å². The lowest BCUT2D eigenvalue weighted by molar-refractivity contribution is 0.0926. The Kier molecular flexibility index (Phi) is 3.91. The molecule has 0 radical (unpaired) electrons. The molecule has 0 saturated heterocycles. The van der Waals surface area contributed by atoms with Crippen molar-refractivity contribution in [2.24, 2.45) is 5.16 Å². The van der Waals surface area contributed by atoms with Gasteiger partial charge in [0.1, 0.15) is 13.3 Å². The maximum atomic E-state index is 12.7. The molecule has 0 aliphatic carbocycles. The van der Waals surface area contributed by atoms with Crippen molar-refractivity contribution in [3.8, 4) is 11.5 Å². The molecule has 134 valence electrons. The van der Waals surface area contributed by atoms with Gasteiger partial charge in [0.05, 0.1) is 24.1 Å². The normalized spacial score (nSPS) is 19.8. The first-order valence-electron chi connectivity index (χ1n) is 8.32. The van der Waals surface area contributed by atoms with E-state index < -0.39 is 0 Å². The number of oxime groups is 1. The number of hydrogen-bond acceptors (Lipinski definition) is 6. The van der Waals surface area contributed by atoms with E-state index in [1.165, 1.54) is 14.2 Å². The molecule has 4 rings (SSSR count). The molecule has 7 heteroatoms. The quantitative estimate of drug-likeness (QED) is 0.828. The zero-order valence-electron chi connectivity index (χ0n) is 14.5. The molecular weight excluding hydrogens is 334 g/mol. The summed E-state index contributed by atoms with van der Waals surface area (Å²) >= 11 is 0. The third-order valence-electron chi connectivity index (χ3n) is 4.77. The van der Waals surface area contributed by atoms with Crippen LogP contribution < -0.4 is 15.0 Å². The Bertz CT molecular complexity index is 910. The van der Waals surface area contributed by atoms with Gasteiger partial charge in [-0.15, -0.1) is 0 Å². The fraction of sp³-hybridized carbons (Fsp3) is 0.263. The van der Waals surface area contributed by atoms with E-state index in [0.717, 1.165) is 22.5 Å². The molecule has 1 atom stereocenters. The molecule has 26 heavy (non-hydrogen) atoms. The molecule has 7 nitrogen and oxygen atoms in total. The third kappa shape index (κ3) is 2.44. The van der Waals surface area contributed by atoms with Crippen LogP contribution in [-0.4, -0.2) is 37.5 Å². The van der Waals surface area contributed by atoms with Crippen molar-refractivity contribution < 1.29 is 19.5 Å². The topological polar surface area (TPSA) is 83.4 Å². The highest BCUT2D eigenvalue weighted by Gasteiger charge is 2.37. The van der Waals surface area contributed by atoms with Gasteiger partial charge in [-0.2, -0.15) is 0 Å². The Morgan fingerprint density at radius 2 is 2.04 bits per heavy atom. The number of hydrogen-bond donors (Lipinski definition) is 2. The van der Waals surface area contributed by atoms with Gasteiger partial charge in [-0.1, -0.05) is 23.4 Å². The van der Waals surface area contributed by atoms with Crippen molar-refractivity contribution in [2.45, 2.75) is 12.6 Å². The van der Waals surface area contributed by atoms with E-state index >= 15 is 0 Å². The predicted molar refractivity (Wildman–Crippen MR) is 96.8 cm³/mol. The van der Waals surface area contributed by atoms with E-state index in [1.54, 1.807) is 18.2 Å². The Morgan fingerprint density at radius 3 is 2.77 bits per heavy atom. The number of para-hydroxylation sites is 1. The number of phenols is 1. The molecular formula is C19H19N3O4. The predicted octanol–water partition coefficient (Wildman–Crippen LogP) is 2.40. The number of nitrogens with one attached hydrogen (secondary N) is 1. The van der Waals surface area contributed by atoms with E-state index in [4.69, 9.17) is 9.57 Å². The van der Waals surface area contributed by atoms with Crippen LogP contribution >= 0.6 is 0 Å². The van der Waals surface area contributed by atoms with Crippen molar-refractivity contribution in [1.82, 2.24) is 5.32 Å². The van der Waals surface area contributed by atoms with E-state index in [9.17, 15) is 9.90 Å². The Labute approximate surface area is 150 Å². The van der Waals surface area contributed by atoms with Crippen molar-refractivity contribution in [3.63, 3.8) is 0 Å². The van der Waals surface area contributed by atoms with Gasteiger partial charge in [0, 0.05) is 18.5 Å². The largest absolute Gasteiger partial charge is 0.504 e. The number of nitrogens with zero attached hydrogens (tertiary/aromatic N) is 2. The Hall–Kier alpha value is -3.22. The summed E-state index contributed by atoms with van der Waals surface area (Å²) in [6.45, 7) is 0.671. The first-order chi connectivity index (χ1) is 12.6. The number of phenolic OH excluding ortho intramolecular Hbond substituents is 1. The highest BCUT2D eigenvalue weighted by Crippen LogP contribution is 2.40. The van der Waals surface area contributed by atoms with Crippen molar-refractivity contribution in [1.29, 1.82) is 0 Å². The molecule has 2 N–H and O–H groups in total. The van der Waals surface area contributed by atoms with Crippen molar-refractivity contribution >= 4 is 17.3 Å². The summed E-state index contributed by atoms with van der Waals surface area (Å²) in [4.78, 5) is 19.8. The van der Waals surface area contributed by atoms with E-state index in [0.29, 0.717) is 24.3 Å². The Morgan fingerprint density at radius 1 is 1.23 bits per heavy atom. The van der Waals surface area contributed by atoms with Gasteiger partial charge >= 0.3 is 0 Å². The minimum absolute atomic E-state index is 0.0389. The molecule has 0 fully saturated rings. The molecule has 2 heterocycles. The van der Waals surface area contributed by atoms with Gasteiger partial charge in [0.25, 0.3) is 5.91 Å². The van der Waals surface area contributed by atoms with Crippen LogP contribution in [0.5, 0.6) is 11.5 Å². The summed E-state index contributed by atoms with van der Waals surface area (Å²) in [5.74, 6) is 0.277. The number of methoxy groups -OCH3 is 1. The summed E-state index contributed by atoms with van der Waals surface area (Å²) in [5.41, 5.74) is 3.96. The van der Waals surface area contributed by atoms with E-state index in [-0.39, 0.29) is 17.8 Å². The van der Waals surface area contributed by atoms with E-state index in [1.807, 2.05) is 18.2 Å². The lowest BCUT2D eigenvalue weighted by Crippen LogP contribution is -2.49. The first kappa shape index (κ1) is 16.3. The summed E-state index contributed by atoms with van der Waals surface area (Å²) < 4.78 is 5.11. The molecule has 0 aromatic heterocycles. The number of anilines is 1. The zero-order valence-corrected chi connectivity index (χ0v) is 14.5. The molecule has 2 aliphatic rings. The van der Waals surface area contributed by atoms with Gasteiger partial charge < -0.3 is 24.9 Å². The molecule has 0 bridgehead atoms. The summed E-state index contributed by atoms with van der Waals surface area (Å²) in [6, 6.07) is 10.8. The van der Waals surface area contributed by atoms with Crippen molar-refractivity contribution in [2.75, 3.05) is 25.7 Å². The van der Waals surface area contributed by atoms with E-state index in [2.05, 4.69) is 15.4 Å². The van der Waals surface area contributed by atoms with Gasteiger partial charge in [-0.3, -0.25) is 4.79 Å². The highest BCUT2D eigenvalue weighted by molar-refractivity contribution is 6.13. The second-order valence-electron chi connectivity index (χ2n) is 6.17. The van der Waals surface area contributed by atoms with Crippen LogP contribution in [-0.2, 0) is 4.84 Å².